The molecular weight excluding hydrogens is 482 g/mol. The minimum atomic E-state index is -1.55. The number of nitrogens with two attached hydrogens (primary N) is 2. The van der Waals surface area contributed by atoms with Gasteiger partial charge < -0.3 is 37.6 Å². The van der Waals surface area contributed by atoms with Crippen LogP contribution in [0.2, 0.25) is 0 Å². The first kappa shape index (κ1) is 31.5. The lowest BCUT2D eigenvalue weighted by Crippen LogP contribution is -2.59. The number of hydrogen-bond acceptors (Lipinski definition) is 7. The fraction of sp³-hybridized carbons (Fsp3) is 0.560. The number of unbranched alkanes of at least 4 members (excludes halogenated alkanes) is 1. The Labute approximate surface area is 216 Å². The van der Waals surface area contributed by atoms with Gasteiger partial charge in [-0.1, -0.05) is 50.6 Å². The molecule has 5 atom stereocenters. The minimum Gasteiger partial charge on any atom is -0.481 e. The lowest BCUT2D eigenvalue weighted by atomic mass is 9.96. The lowest BCUT2D eigenvalue weighted by Gasteiger charge is -2.27. The van der Waals surface area contributed by atoms with Gasteiger partial charge in [-0.3, -0.25) is 19.2 Å². The van der Waals surface area contributed by atoms with Gasteiger partial charge in [0.25, 0.3) is 0 Å². The van der Waals surface area contributed by atoms with Gasteiger partial charge in [0.05, 0.1) is 12.5 Å². The predicted octanol–water partition coefficient (Wildman–Crippen LogP) is -0.255. The molecule has 0 radical (unpaired) electrons. The fourth-order valence-electron chi connectivity index (χ4n) is 3.59. The molecule has 0 aliphatic carbocycles. The van der Waals surface area contributed by atoms with E-state index in [9.17, 15) is 34.2 Å². The Bertz CT molecular complexity index is 912. The average molecular weight is 522 g/mol. The Kier molecular flexibility index (Phi) is 13.9. The highest BCUT2D eigenvalue weighted by Crippen LogP contribution is 2.11. The van der Waals surface area contributed by atoms with Crippen LogP contribution in [0.5, 0.6) is 0 Å². The molecule has 12 nitrogen and oxygen atoms in total. The van der Waals surface area contributed by atoms with Crippen LogP contribution in [0.4, 0.5) is 0 Å². The van der Waals surface area contributed by atoms with Crippen molar-refractivity contribution in [2.24, 2.45) is 17.4 Å². The molecule has 0 aromatic heterocycles. The summed E-state index contributed by atoms with van der Waals surface area (Å²) < 4.78 is 0. The smallest absolute Gasteiger partial charge is 0.326 e. The van der Waals surface area contributed by atoms with Crippen LogP contribution in [0.15, 0.2) is 30.3 Å². The first-order valence-corrected chi connectivity index (χ1v) is 12.3. The number of carboxylic acid groups (broad SMARTS) is 2. The monoisotopic (exact) mass is 521 g/mol. The maximum atomic E-state index is 13.1. The number of amides is 3. The highest BCUT2D eigenvalue weighted by atomic mass is 16.4. The van der Waals surface area contributed by atoms with Gasteiger partial charge in [0.1, 0.15) is 18.1 Å². The van der Waals surface area contributed by atoms with Crippen molar-refractivity contribution in [2.45, 2.75) is 76.5 Å². The molecule has 9 N–H and O–H groups in total. The quantitative estimate of drug-likeness (QED) is 0.134. The van der Waals surface area contributed by atoms with Crippen LogP contribution in [-0.2, 0) is 30.4 Å². The van der Waals surface area contributed by atoms with E-state index < -0.39 is 60.2 Å². The van der Waals surface area contributed by atoms with E-state index in [0.717, 1.165) is 5.56 Å². The molecule has 1 aromatic rings. The van der Waals surface area contributed by atoms with Crippen LogP contribution >= 0.6 is 0 Å². The Hall–Kier alpha value is -3.51. The fourth-order valence-corrected chi connectivity index (χ4v) is 3.59. The van der Waals surface area contributed by atoms with Crippen molar-refractivity contribution in [3.63, 3.8) is 0 Å². The van der Waals surface area contributed by atoms with E-state index in [0.29, 0.717) is 25.8 Å². The summed E-state index contributed by atoms with van der Waals surface area (Å²) in [6.07, 6.45) is 1.04. The van der Waals surface area contributed by atoms with E-state index in [1.54, 1.807) is 13.8 Å². The molecule has 0 aliphatic rings. The van der Waals surface area contributed by atoms with E-state index in [-0.39, 0.29) is 18.8 Å². The zero-order valence-corrected chi connectivity index (χ0v) is 21.3. The number of aliphatic carboxylic acids is 2. The van der Waals surface area contributed by atoms with Gasteiger partial charge in [-0.25, -0.2) is 4.79 Å². The molecule has 0 spiro atoms. The summed E-state index contributed by atoms with van der Waals surface area (Å²) in [5, 5.41) is 26.0. The molecule has 1 rings (SSSR count). The van der Waals surface area contributed by atoms with Gasteiger partial charge in [-0.05, 0) is 43.7 Å². The third-order valence-corrected chi connectivity index (χ3v) is 6.00. The molecule has 0 saturated heterocycles. The third kappa shape index (κ3) is 11.4. The van der Waals surface area contributed by atoms with Crippen LogP contribution in [0.1, 0.15) is 51.5 Å². The van der Waals surface area contributed by atoms with Crippen molar-refractivity contribution in [2.75, 3.05) is 6.54 Å². The number of benzene rings is 1. The Balaban J connectivity index is 2.96. The standard InChI is InChI=1S/C25H39N5O7/c1-3-15(2)21(30-22(33)17(27)13-16-9-5-4-6-10-16)24(35)29-19(14-20(31)32)23(34)28-18(25(36)37)11-7-8-12-26/h4-6,9-10,15,17-19,21H,3,7-8,11-14,26-27H2,1-2H3,(H,28,34)(H,29,35)(H,30,33)(H,31,32)(H,36,37). The van der Waals surface area contributed by atoms with Crippen LogP contribution in [0.25, 0.3) is 0 Å². The first-order chi connectivity index (χ1) is 17.5. The van der Waals surface area contributed by atoms with E-state index >= 15 is 0 Å². The summed E-state index contributed by atoms with van der Waals surface area (Å²) in [5.41, 5.74) is 12.3. The zero-order valence-electron chi connectivity index (χ0n) is 21.3. The zero-order chi connectivity index (χ0) is 28.0. The van der Waals surface area contributed by atoms with Crippen molar-refractivity contribution in [3.8, 4) is 0 Å². The largest absolute Gasteiger partial charge is 0.481 e. The molecule has 0 saturated carbocycles. The van der Waals surface area contributed by atoms with Gasteiger partial charge in [-0.15, -0.1) is 0 Å². The van der Waals surface area contributed by atoms with Gasteiger partial charge in [0.2, 0.25) is 17.7 Å². The summed E-state index contributed by atoms with van der Waals surface area (Å²) >= 11 is 0. The molecule has 0 bridgehead atoms. The second kappa shape index (κ2) is 16.3. The number of carboxylic acids is 2. The highest BCUT2D eigenvalue weighted by molar-refractivity contribution is 5.95. The van der Waals surface area contributed by atoms with Crippen molar-refractivity contribution >= 4 is 29.7 Å². The normalized spacial score (nSPS) is 14.9. The van der Waals surface area contributed by atoms with Crippen LogP contribution < -0.4 is 27.4 Å². The maximum absolute atomic E-state index is 13.1. The molecule has 3 amide bonds. The van der Waals surface area contributed by atoms with E-state index in [4.69, 9.17) is 11.5 Å². The van der Waals surface area contributed by atoms with Crippen LogP contribution in [-0.4, -0.2) is 70.6 Å². The van der Waals surface area contributed by atoms with E-state index in [1.165, 1.54) is 0 Å². The van der Waals surface area contributed by atoms with Crippen LogP contribution in [0.3, 0.4) is 0 Å². The number of carbonyl (C=O) groups excluding carboxylic acids is 3. The first-order valence-electron chi connectivity index (χ1n) is 12.3. The van der Waals surface area contributed by atoms with Crippen molar-refractivity contribution in [3.05, 3.63) is 35.9 Å². The van der Waals surface area contributed by atoms with Crippen LogP contribution in [0, 0.1) is 5.92 Å². The Morgan fingerprint density at radius 3 is 2.05 bits per heavy atom. The summed E-state index contributed by atoms with van der Waals surface area (Å²) in [5.74, 6) is -5.33. The van der Waals surface area contributed by atoms with Gasteiger partial charge >= 0.3 is 11.9 Å². The average Bonchev–Trinajstić information content (AvgIpc) is 2.85. The Morgan fingerprint density at radius 1 is 0.892 bits per heavy atom. The lowest BCUT2D eigenvalue weighted by molar-refractivity contribution is -0.144. The topological polar surface area (TPSA) is 214 Å². The van der Waals surface area contributed by atoms with Gasteiger partial charge in [0, 0.05) is 0 Å². The number of nitrogens with one attached hydrogen (secondary N) is 3. The molecule has 0 heterocycles. The minimum absolute atomic E-state index is 0.0941. The summed E-state index contributed by atoms with van der Waals surface area (Å²) in [6, 6.07) is 4.25. The SMILES string of the molecule is CCC(C)C(NC(=O)C(N)Cc1ccccc1)C(=O)NC(CC(=O)O)C(=O)NC(CCCCN)C(=O)O. The summed E-state index contributed by atoms with van der Waals surface area (Å²) in [7, 11) is 0. The molecule has 37 heavy (non-hydrogen) atoms. The molecule has 0 aliphatic heterocycles. The maximum Gasteiger partial charge on any atom is 0.326 e. The third-order valence-electron chi connectivity index (χ3n) is 6.00. The molecule has 5 unspecified atom stereocenters. The summed E-state index contributed by atoms with van der Waals surface area (Å²) in [4.78, 5) is 61.6. The number of carbonyl (C=O) groups is 5. The second-order valence-corrected chi connectivity index (χ2v) is 9.01. The molecular formula is C25H39N5O7. The van der Waals surface area contributed by atoms with Crippen molar-refractivity contribution in [1.29, 1.82) is 0 Å². The summed E-state index contributed by atoms with van der Waals surface area (Å²) in [6.45, 7) is 3.88. The molecule has 206 valence electrons. The highest BCUT2D eigenvalue weighted by Gasteiger charge is 2.33. The molecule has 0 fully saturated rings. The number of hydrogen-bond donors (Lipinski definition) is 7. The molecule has 1 aromatic carbocycles. The van der Waals surface area contributed by atoms with Crippen molar-refractivity contribution in [1.82, 2.24) is 16.0 Å². The van der Waals surface area contributed by atoms with Crippen molar-refractivity contribution < 1.29 is 34.2 Å². The van der Waals surface area contributed by atoms with Gasteiger partial charge in [0.15, 0.2) is 0 Å². The molecule has 12 heteroatoms. The van der Waals surface area contributed by atoms with E-state index in [1.807, 2.05) is 30.3 Å². The van der Waals surface area contributed by atoms with E-state index in [2.05, 4.69) is 16.0 Å². The number of rotatable bonds is 17. The van der Waals surface area contributed by atoms with Gasteiger partial charge in [-0.2, -0.15) is 0 Å². The second-order valence-electron chi connectivity index (χ2n) is 9.01. The Morgan fingerprint density at radius 2 is 1.51 bits per heavy atom. The predicted molar refractivity (Wildman–Crippen MR) is 136 cm³/mol.